The van der Waals surface area contributed by atoms with Crippen molar-refractivity contribution in [2.75, 3.05) is 33.4 Å². The van der Waals surface area contributed by atoms with Crippen LogP contribution in [0, 0.1) is 9.49 Å². The van der Waals surface area contributed by atoms with Crippen LogP contribution in [-0.4, -0.2) is 91.0 Å². The number of aliphatic hydroxyl groups excluding tert-OH is 2. The Balaban J connectivity index is 1.69. The maximum absolute atomic E-state index is 13.8. The number of amides is 2. The van der Waals surface area contributed by atoms with Crippen LogP contribution in [0.1, 0.15) is 55.3 Å². The number of halogens is 1. The third kappa shape index (κ3) is 7.11. The van der Waals surface area contributed by atoms with E-state index >= 15 is 0 Å². The van der Waals surface area contributed by atoms with E-state index in [1.54, 1.807) is 23.1 Å². The van der Waals surface area contributed by atoms with Crippen molar-refractivity contribution in [2.45, 2.75) is 69.3 Å². The summed E-state index contributed by atoms with van der Waals surface area (Å²) in [6.07, 6.45) is 5.52. The first-order chi connectivity index (χ1) is 18.9. The van der Waals surface area contributed by atoms with Crippen molar-refractivity contribution in [3.05, 3.63) is 32.9 Å². The summed E-state index contributed by atoms with van der Waals surface area (Å²) in [5.74, 6) is 0.111. The minimum absolute atomic E-state index is 0.0229. The monoisotopic (exact) mass is 656 g/mol. The first kappa shape index (κ1) is 29.8. The van der Waals surface area contributed by atoms with Gasteiger partial charge >= 0.3 is 0 Å². The number of benzene rings is 1. The SMILES string of the molecule is COc1cc(C=O)cc(I)c1O[C@H]1C=C(C(=O)NCCO)C[C@@H](N(C[C@@H]2CCCO2)C(=O)C2CCCC2)[C@@H]1O. The van der Waals surface area contributed by atoms with E-state index in [0.29, 0.717) is 45.6 Å². The molecule has 0 unspecified atom stereocenters. The van der Waals surface area contributed by atoms with Crippen LogP contribution in [0.5, 0.6) is 11.5 Å². The highest BCUT2D eigenvalue weighted by molar-refractivity contribution is 14.1. The number of carbonyl (C=O) groups is 3. The topological polar surface area (TPSA) is 135 Å². The number of hydrogen-bond acceptors (Lipinski definition) is 8. The van der Waals surface area contributed by atoms with Crippen molar-refractivity contribution in [1.29, 1.82) is 0 Å². The Morgan fingerprint density at radius 1 is 1.23 bits per heavy atom. The van der Waals surface area contributed by atoms with Crippen LogP contribution < -0.4 is 14.8 Å². The maximum Gasteiger partial charge on any atom is 0.247 e. The minimum atomic E-state index is -1.14. The number of hydrogen-bond donors (Lipinski definition) is 3. The van der Waals surface area contributed by atoms with Crippen LogP contribution in [0.4, 0.5) is 0 Å². The molecule has 1 heterocycles. The zero-order valence-corrected chi connectivity index (χ0v) is 24.3. The van der Waals surface area contributed by atoms with Crippen LogP contribution in [0.2, 0.25) is 0 Å². The average molecular weight is 657 g/mol. The van der Waals surface area contributed by atoms with E-state index < -0.39 is 24.2 Å². The van der Waals surface area contributed by atoms with E-state index in [1.165, 1.54) is 7.11 Å². The fraction of sp³-hybridized carbons (Fsp3) is 0.607. The highest BCUT2D eigenvalue weighted by Crippen LogP contribution is 2.38. The Morgan fingerprint density at radius 2 is 2.00 bits per heavy atom. The molecule has 1 aromatic rings. The molecule has 2 fully saturated rings. The molecule has 10 nitrogen and oxygen atoms in total. The number of ether oxygens (including phenoxy) is 3. The normalized spacial score (nSPS) is 25.2. The molecule has 4 atom stereocenters. The number of nitrogens with zero attached hydrogens (tertiary/aromatic N) is 1. The van der Waals surface area contributed by atoms with Crippen LogP contribution in [0.25, 0.3) is 0 Å². The molecule has 4 rings (SSSR count). The summed E-state index contributed by atoms with van der Waals surface area (Å²) in [7, 11) is 1.46. The quantitative estimate of drug-likeness (QED) is 0.244. The van der Waals surface area contributed by atoms with Crippen molar-refractivity contribution in [3.63, 3.8) is 0 Å². The van der Waals surface area contributed by atoms with Gasteiger partial charge in [0.15, 0.2) is 11.5 Å². The standard InChI is InChI=1S/C28H37IN2O8/c1-37-24-12-17(16-33)11-21(29)26(24)39-23-14-19(27(35)30-8-9-32)13-22(25(23)34)31(15-20-7-4-10-38-20)28(36)18-5-2-3-6-18/h11-12,14,16,18,20,22-23,25,32,34H,2-10,13,15H2,1H3,(H,30,35)/t20-,22+,23-,25-/m0/s1. The van der Waals surface area contributed by atoms with Gasteiger partial charge in [-0.15, -0.1) is 0 Å². The molecule has 11 heteroatoms. The lowest BCUT2D eigenvalue weighted by Crippen LogP contribution is -2.57. The van der Waals surface area contributed by atoms with Crippen molar-refractivity contribution < 1.29 is 38.8 Å². The van der Waals surface area contributed by atoms with Gasteiger partial charge in [0.2, 0.25) is 11.8 Å². The third-order valence-electron chi connectivity index (χ3n) is 7.67. The largest absolute Gasteiger partial charge is 0.493 e. The Hall–Kier alpha value is -2.22. The number of nitrogens with one attached hydrogen (secondary N) is 1. The van der Waals surface area contributed by atoms with Gasteiger partial charge in [-0.25, -0.2) is 0 Å². The zero-order valence-electron chi connectivity index (χ0n) is 22.1. The van der Waals surface area contributed by atoms with Gasteiger partial charge in [-0.2, -0.15) is 0 Å². The Labute approximate surface area is 242 Å². The molecule has 0 bridgehead atoms. The van der Waals surface area contributed by atoms with Gasteiger partial charge in [0, 0.05) is 43.2 Å². The molecule has 0 aromatic heterocycles. The van der Waals surface area contributed by atoms with Gasteiger partial charge < -0.3 is 34.6 Å². The lowest BCUT2D eigenvalue weighted by atomic mass is 9.87. The van der Waals surface area contributed by atoms with Gasteiger partial charge in [-0.3, -0.25) is 14.4 Å². The fourth-order valence-corrected chi connectivity index (χ4v) is 6.39. The molecule has 214 valence electrons. The van der Waals surface area contributed by atoms with Crippen LogP contribution in [0.3, 0.4) is 0 Å². The third-order valence-corrected chi connectivity index (χ3v) is 8.47. The van der Waals surface area contributed by atoms with Gasteiger partial charge in [0.05, 0.1) is 29.4 Å². The molecule has 1 aromatic carbocycles. The van der Waals surface area contributed by atoms with E-state index in [0.717, 1.165) is 38.5 Å². The summed E-state index contributed by atoms with van der Waals surface area (Å²) >= 11 is 2.03. The van der Waals surface area contributed by atoms with Gasteiger partial charge in [-0.05, 0) is 66.5 Å². The minimum Gasteiger partial charge on any atom is -0.493 e. The molecule has 2 amide bonds. The van der Waals surface area contributed by atoms with Crippen molar-refractivity contribution >= 4 is 40.7 Å². The van der Waals surface area contributed by atoms with Gasteiger partial charge in [0.25, 0.3) is 0 Å². The highest BCUT2D eigenvalue weighted by Gasteiger charge is 2.43. The predicted molar refractivity (Wildman–Crippen MR) is 151 cm³/mol. The molecule has 3 N–H and O–H groups in total. The molecule has 1 aliphatic heterocycles. The highest BCUT2D eigenvalue weighted by atomic mass is 127. The lowest BCUT2D eigenvalue weighted by molar-refractivity contribution is -0.145. The van der Waals surface area contributed by atoms with Crippen LogP contribution in [-0.2, 0) is 14.3 Å². The number of carbonyl (C=O) groups excluding carboxylic acids is 3. The predicted octanol–water partition coefficient (Wildman–Crippen LogP) is 2.23. The van der Waals surface area contributed by atoms with Crippen molar-refractivity contribution in [2.24, 2.45) is 5.92 Å². The Bertz CT molecular complexity index is 1070. The molecule has 1 saturated carbocycles. The molecular formula is C28H37IN2O8. The molecule has 0 radical (unpaired) electrons. The lowest BCUT2D eigenvalue weighted by Gasteiger charge is -2.42. The first-order valence-electron chi connectivity index (χ1n) is 13.6. The van der Waals surface area contributed by atoms with Crippen LogP contribution >= 0.6 is 22.6 Å². The van der Waals surface area contributed by atoms with Crippen molar-refractivity contribution in [1.82, 2.24) is 10.2 Å². The van der Waals surface area contributed by atoms with E-state index in [4.69, 9.17) is 14.2 Å². The Morgan fingerprint density at radius 3 is 2.64 bits per heavy atom. The zero-order chi connectivity index (χ0) is 27.9. The first-order valence-corrected chi connectivity index (χ1v) is 14.6. The summed E-state index contributed by atoms with van der Waals surface area (Å²) < 4.78 is 18.2. The molecule has 1 saturated heterocycles. The number of methoxy groups -OCH3 is 1. The van der Waals surface area contributed by atoms with Gasteiger partial charge in [-0.1, -0.05) is 12.8 Å². The maximum atomic E-state index is 13.8. The van der Waals surface area contributed by atoms with E-state index in [-0.39, 0.29) is 37.5 Å². The second-order valence-electron chi connectivity index (χ2n) is 10.3. The molecule has 39 heavy (non-hydrogen) atoms. The van der Waals surface area contributed by atoms with E-state index in [2.05, 4.69) is 5.32 Å². The average Bonchev–Trinajstić information content (AvgIpc) is 3.67. The molecule has 2 aliphatic carbocycles. The summed E-state index contributed by atoms with van der Waals surface area (Å²) in [4.78, 5) is 40.0. The summed E-state index contributed by atoms with van der Waals surface area (Å²) in [5.41, 5.74) is 0.772. The second kappa shape index (κ2) is 13.9. The summed E-state index contributed by atoms with van der Waals surface area (Å²) in [6.45, 7) is 0.840. The second-order valence-corrected chi connectivity index (χ2v) is 11.4. The number of aliphatic hydroxyl groups is 2. The van der Waals surface area contributed by atoms with Crippen LogP contribution in [0.15, 0.2) is 23.8 Å². The summed E-state index contributed by atoms with van der Waals surface area (Å²) in [6, 6.07) is 2.47. The van der Waals surface area contributed by atoms with Gasteiger partial charge in [0.1, 0.15) is 18.5 Å². The number of rotatable bonds is 11. The summed E-state index contributed by atoms with van der Waals surface area (Å²) in [5, 5.41) is 23.6. The molecule has 0 spiro atoms. The Kier molecular flexibility index (Phi) is 10.6. The smallest absolute Gasteiger partial charge is 0.247 e. The molecule has 3 aliphatic rings. The number of aldehydes is 1. The van der Waals surface area contributed by atoms with E-state index in [9.17, 15) is 24.6 Å². The van der Waals surface area contributed by atoms with E-state index in [1.807, 2.05) is 22.6 Å². The molecular weight excluding hydrogens is 619 g/mol. The fourth-order valence-electron chi connectivity index (χ4n) is 5.64. The van der Waals surface area contributed by atoms with Crippen molar-refractivity contribution in [3.8, 4) is 11.5 Å².